The van der Waals surface area contributed by atoms with Gasteiger partial charge in [-0.05, 0) is 18.9 Å². The maximum Gasteiger partial charge on any atom is 0.0326 e. The summed E-state index contributed by atoms with van der Waals surface area (Å²) in [4.78, 5) is 0. The topological polar surface area (TPSA) is 12.0 Å². The van der Waals surface area contributed by atoms with E-state index in [1.165, 1.54) is 11.3 Å². The number of hydrogen-bond donors (Lipinski definition) is 1. The van der Waals surface area contributed by atoms with Crippen molar-refractivity contribution >= 4 is 0 Å². The molecule has 0 aliphatic heterocycles. The lowest BCUT2D eigenvalue weighted by Gasteiger charge is -2.07. The first-order valence-corrected chi connectivity index (χ1v) is 3.96. The lowest BCUT2D eigenvalue weighted by Crippen LogP contribution is -2.07. The molecule has 0 aromatic heterocycles. The molecule has 0 fully saturated rings. The summed E-state index contributed by atoms with van der Waals surface area (Å²) in [6.45, 7) is 7.83. The van der Waals surface area contributed by atoms with Crippen molar-refractivity contribution in [2.45, 2.75) is 20.3 Å². The maximum atomic E-state index is 3.67. The van der Waals surface area contributed by atoms with Gasteiger partial charge in [-0.25, -0.2) is 0 Å². The van der Waals surface area contributed by atoms with Crippen LogP contribution in [0.5, 0.6) is 0 Å². The van der Waals surface area contributed by atoms with Crippen LogP contribution < -0.4 is 5.32 Å². The molecule has 0 aliphatic rings. The molecule has 0 aromatic carbocycles. The summed E-state index contributed by atoms with van der Waals surface area (Å²) in [5.74, 6) is 0. The Morgan fingerprint density at radius 2 is 2.18 bits per heavy atom. The van der Waals surface area contributed by atoms with Gasteiger partial charge in [0, 0.05) is 12.7 Å². The van der Waals surface area contributed by atoms with E-state index in [-0.39, 0.29) is 0 Å². The average molecular weight is 151 g/mol. The highest BCUT2D eigenvalue weighted by molar-refractivity contribution is 5.30. The van der Waals surface area contributed by atoms with Gasteiger partial charge in [-0.15, -0.1) is 0 Å². The monoisotopic (exact) mass is 151 g/mol. The lowest BCUT2D eigenvalue weighted by molar-refractivity contribution is 0.950. The van der Waals surface area contributed by atoms with E-state index < -0.39 is 0 Å². The van der Waals surface area contributed by atoms with Gasteiger partial charge in [-0.3, -0.25) is 0 Å². The van der Waals surface area contributed by atoms with E-state index >= 15 is 0 Å². The van der Waals surface area contributed by atoms with E-state index in [2.05, 4.69) is 24.9 Å². The maximum absolute atomic E-state index is 3.67. The number of rotatable bonds is 4. The molecule has 0 atom stereocenters. The second kappa shape index (κ2) is 5.78. The number of nitrogens with one attached hydrogen (secondary N) is 1. The van der Waals surface area contributed by atoms with Gasteiger partial charge in [0.2, 0.25) is 0 Å². The molecule has 62 valence electrons. The van der Waals surface area contributed by atoms with E-state index in [1.807, 2.05) is 26.1 Å². The van der Waals surface area contributed by atoms with Gasteiger partial charge in [0.05, 0.1) is 0 Å². The molecule has 0 aliphatic carbocycles. The summed E-state index contributed by atoms with van der Waals surface area (Å²) in [6.07, 6.45) is 6.96. The van der Waals surface area contributed by atoms with Crippen LogP contribution in [-0.4, -0.2) is 7.05 Å². The van der Waals surface area contributed by atoms with Crippen molar-refractivity contribution in [3.05, 3.63) is 36.1 Å². The molecule has 0 radical (unpaired) electrons. The minimum atomic E-state index is 1.03. The molecule has 0 unspecified atom stereocenters. The van der Waals surface area contributed by atoms with Gasteiger partial charge < -0.3 is 5.32 Å². The van der Waals surface area contributed by atoms with Crippen LogP contribution in [-0.2, 0) is 0 Å². The molecule has 0 aromatic rings. The second-order valence-electron chi connectivity index (χ2n) is 2.23. The fourth-order valence-corrected chi connectivity index (χ4v) is 1.03. The Kier molecular flexibility index (Phi) is 5.26. The van der Waals surface area contributed by atoms with E-state index in [9.17, 15) is 0 Å². The lowest BCUT2D eigenvalue weighted by atomic mass is 10.1. The molecule has 0 saturated carbocycles. The van der Waals surface area contributed by atoms with E-state index in [1.54, 1.807) is 0 Å². The van der Waals surface area contributed by atoms with Crippen molar-refractivity contribution < 1.29 is 0 Å². The van der Waals surface area contributed by atoms with E-state index in [0.717, 1.165) is 6.42 Å². The Hall–Kier alpha value is -0.980. The zero-order chi connectivity index (χ0) is 8.69. The molecule has 1 N–H and O–H groups in total. The fraction of sp³-hybridized carbons (Fsp3) is 0.400. The fourth-order valence-electron chi connectivity index (χ4n) is 1.03. The Morgan fingerprint density at radius 3 is 2.45 bits per heavy atom. The average Bonchev–Trinajstić information content (AvgIpc) is 2.05. The number of allylic oxidation sites excluding steroid dienone is 4. The molecule has 0 heterocycles. The van der Waals surface area contributed by atoms with Crippen molar-refractivity contribution in [1.29, 1.82) is 0 Å². The van der Waals surface area contributed by atoms with Crippen LogP contribution in [0.2, 0.25) is 0 Å². The van der Waals surface area contributed by atoms with Crippen molar-refractivity contribution in [3.63, 3.8) is 0 Å². The van der Waals surface area contributed by atoms with Crippen LogP contribution >= 0.6 is 0 Å². The van der Waals surface area contributed by atoms with Crippen molar-refractivity contribution in [3.8, 4) is 0 Å². The van der Waals surface area contributed by atoms with Crippen LogP contribution in [0.15, 0.2) is 36.1 Å². The summed E-state index contributed by atoms with van der Waals surface area (Å²) >= 11 is 0. The molecule has 0 bridgehead atoms. The van der Waals surface area contributed by atoms with Crippen LogP contribution in [0.3, 0.4) is 0 Å². The quantitative estimate of drug-likeness (QED) is 0.609. The predicted molar refractivity (Wildman–Crippen MR) is 51.4 cm³/mol. The number of hydrogen-bond acceptors (Lipinski definition) is 1. The molecular formula is C10H17N. The van der Waals surface area contributed by atoms with Crippen molar-refractivity contribution in [2.24, 2.45) is 0 Å². The Morgan fingerprint density at radius 1 is 1.55 bits per heavy atom. The van der Waals surface area contributed by atoms with Crippen LogP contribution in [0.4, 0.5) is 0 Å². The van der Waals surface area contributed by atoms with Gasteiger partial charge in [-0.1, -0.05) is 31.7 Å². The number of likely N-dealkylation sites (N-methyl/N-ethyl adjacent to an activating group) is 1. The highest BCUT2D eigenvalue weighted by Crippen LogP contribution is 2.09. The summed E-state index contributed by atoms with van der Waals surface area (Å²) in [5.41, 5.74) is 2.48. The molecule has 11 heavy (non-hydrogen) atoms. The Labute approximate surface area is 69.5 Å². The molecule has 0 rings (SSSR count). The van der Waals surface area contributed by atoms with Crippen LogP contribution in [0.1, 0.15) is 20.3 Å². The minimum Gasteiger partial charge on any atom is -0.388 e. The standard InChI is InChI=1S/C10H17N/c1-5-8-9(6-2)10(7-3)11-4/h5,7-8,11H,1,6H2,2-4H3/b9-8-,10-7+. The van der Waals surface area contributed by atoms with Gasteiger partial charge in [0.1, 0.15) is 0 Å². The first-order chi connectivity index (χ1) is 5.29. The highest BCUT2D eigenvalue weighted by Gasteiger charge is 1.96. The van der Waals surface area contributed by atoms with E-state index in [4.69, 9.17) is 0 Å². The van der Waals surface area contributed by atoms with Gasteiger partial charge >= 0.3 is 0 Å². The zero-order valence-corrected chi connectivity index (χ0v) is 7.65. The van der Waals surface area contributed by atoms with Crippen LogP contribution in [0, 0.1) is 0 Å². The Bertz CT molecular complexity index is 175. The first-order valence-electron chi connectivity index (χ1n) is 3.96. The normalized spacial score (nSPS) is 13.0. The third-order valence-electron chi connectivity index (χ3n) is 1.60. The molecule has 0 spiro atoms. The molecular weight excluding hydrogens is 134 g/mol. The minimum absolute atomic E-state index is 1.03. The smallest absolute Gasteiger partial charge is 0.0326 e. The Balaban J connectivity index is 4.47. The summed E-state index contributed by atoms with van der Waals surface area (Å²) < 4.78 is 0. The van der Waals surface area contributed by atoms with E-state index in [0.29, 0.717) is 0 Å². The van der Waals surface area contributed by atoms with Gasteiger partial charge in [0.15, 0.2) is 0 Å². The zero-order valence-electron chi connectivity index (χ0n) is 7.65. The SMILES string of the molecule is C=C/C=C(CC)\C(=C/C)NC. The van der Waals surface area contributed by atoms with Crippen LogP contribution in [0.25, 0.3) is 0 Å². The second-order valence-corrected chi connectivity index (χ2v) is 2.23. The summed E-state index contributed by atoms with van der Waals surface area (Å²) in [5, 5.41) is 3.13. The van der Waals surface area contributed by atoms with Gasteiger partial charge in [-0.2, -0.15) is 0 Å². The largest absolute Gasteiger partial charge is 0.388 e. The third-order valence-corrected chi connectivity index (χ3v) is 1.60. The molecule has 0 amide bonds. The van der Waals surface area contributed by atoms with Crippen molar-refractivity contribution in [1.82, 2.24) is 5.32 Å². The first kappa shape index (κ1) is 10.0. The van der Waals surface area contributed by atoms with Gasteiger partial charge in [0.25, 0.3) is 0 Å². The van der Waals surface area contributed by atoms with Crippen molar-refractivity contribution in [2.75, 3.05) is 7.05 Å². The molecule has 1 nitrogen and oxygen atoms in total. The predicted octanol–water partition coefficient (Wildman–Crippen LogP) is 2.63. The summed E-state index contributed by atoms with van der Waals surface area (Å²) in [7, 11) is 1.93. The third kappa shape index (κ3) is 3.08. The summed E-state index contributed by atoms with van der Waals surface area (Å²) in [6, 6.07) is 0. The molecule has 1 heteroatoms. The molecule has 0 saturated heterocycles. The highest BCUT2D eigenvalue weighted by atomic mass is 14.8.